The summed E-state index contributed by atoms with van der Waals surface area (Å²) in [5, 5.41) is 9.94. The number of aromatic nitrogens is 1. The Bertz CT molecular complexity index is 782. The third-order valence-corrected chi connectivity index (χ3v) is 4.28. The highest BCUT2D eigenvalue weighted by Gasteiger charge is 2.14. The fourth-order valence-electron chi connectivity index (χ4n) is 1.87. The molecule has 0 saturated carbocycles. The molecule has 0 aliphatic rings. The van der Waals surface area contributed by atoms with Crippen molar-refractivity contribution in [3.05, 3.63) is 52.5 Å². The molecule has 0 aliphatic carbocycles. The van der Waals surface area contributed by atoms with Crippen LogP contribution in [0.5, 0.6) is 0 Å². The van der Waals surface area contributed by atoms with Crippen LogP contribution in [0.2, 0.25) is 0 Å². The number of halogens is 1. The Morgan fingerprint density at radius 3 is 2.79 bits per heavy atom. The minimum absolute atomic E-state index is 0.278. The fourth-order valence-corrected chi connectivity index (χ4v) is 3.43. The number of hydrogen-bond donors (Lipinski definition) is 1. The second kappa shape index (κ2) is 4.75. The van der Waals surface area contributed by atoms with Crippen LogP contribution in [0.15, 0.2) is 46.9 Å². The van der Waals surface area contributed by atoms with Crippen molar-refractivity contribution in [1.29, 1.82) is 0 Å². The minimum atomic E-state index is -0.934. The predicted molar refractivity (Wildman–Crippen MR) is 79.7 cm³/mol. The first kappa shape index (κ1) is 12.3. The number of thiazole rings is 1. The molecule has 2 aromatic carbocycles. The summed E-state index contributed by atoms with van der Waals surface area (Å²) in [5.41, 5.74) is 1.82. The van der Waals surface area contributed by atoms with E-state index in [1.54, 1.807) is 18.2 Å². The summed E-state index contributed by atoms with van der Waals surface area (Å²) >= 11 is 4.91. The Hall–Kier alpha value is -1.72. The van der Waals surface area contributed by atoms with E-state index in [0.29, 0.717) is 5.56 Å². The molecule has 1 N–H and O–H groups in total. The van der Waals surface area contributed by atoms with Gasteiger partial charge in [0.1, 0.15) is 5.01 Å². The molecule has 0 saturated heterocycles. The van der Waals surface area contributed by atoms with Gasteiger partial charge < -0.3 is 5.11 Å². The maximum absolute atomic E-state index is 11.2. The van der Waals surface area contributed by atoms with Crippen molar-refractivity contribution in [2.45, 2.75) is 0 Å². The molecule has 0 radical (unpaired) electrons. The van der Waals surface area contributed by atoms with Crippen LogP contribution in [0.1, 0.15) is 10.4 Å². The number of carboxylic acid groups (broad SMARTS) is 1. The van der Waals surface area contributed by atoms with Gasteiger partial charge in [-0.3, -0.25) is 0 Å². The maximum Gasteiger partial charge on any atom is 0.336 e. The summed E-state index contributed by atoms with van der Waals surface area (Å²) in [6.07, 6.45) is 0. The molecule has 19 heavy (non-hydrogen) atoms. The van der Waals surface area contributed by atoms with Crippen molar-refractivity contribution < 1.29 is 9.90 Å². The molecule has 0 bridgehead atoms. The first-order chi connectivity index (χ1) is 9.15. The normalized spacial score (nSPS) is 10.8. The van der Waals surface area contributed by atoms with Crippen molar-refractivity contribution in [3.63, 3.8) is 0 Å². The van der Waals surface area contributed by atoms with Crippen LogP contribution < -0.4 is 0 Å². The highest BCUT2D eigenvalue weighted by molar-refractivity contribution is 9.10. The highest BCUT2D eigenvalue weighted by Crippen LogP contribution is 2.33. The van der Waals surface area contributed by atoms with Gasteiger partial charge in [0.2, 0.25) is 0 Å². The number of aromatic carboxylic acids is 1. The second-order valence-electron chi connectivity index (χ2n) is 3.98. The monoisotopic (exact) mass is 333 g/mol. The molecular formula is C14H8BrNO2S. The molecule has 3 nitrogen and oxygen atoms in total. The number of benzene rings is 2. The molecule has 0 atom stereocenters. The first-order valence-electron chi connectivity index (χ1n) is 5.54. The SMILES string of the molecule is O=C(O)c1ccccc1-c1nc2ccc(Br)cc2s1. The summed E-state index contributed by atoms with van der Waals surface area (Å²) in [4.78, 5) is 15.7. The van der Waals surface area contributed by atoms with Crippen molar-refractivity contribution in [3.8, 4) is 10.6 Å². The zero-order valence-electron chi connectivity index (χ0n) is 9.63. The van der Waals surface area contributed by atoms with Gasteiger partial charge in [-0.15, -0.1) is 11.3 Å². The third kappa shape index (κ3) is 2.27. The van der Waals surface area contributed by atoms with Crippen LogP contribution in [-0.2, 0) is 0 Å². The molecule has 94 valence electrons. The molecule has 3 rings (SSSR count). The Labute approximate surface area is 121 Å². The lowest BCUT2D eigenvalue weighted by Crippen LogP contribution is -1.98. The largest absolute Gasteiger partial charge is 0.478 e. The van der Waals surface area contributed by atoms with Crippen molar-refractivity contribution in [2.24, 2.45) is 0 Å². The Morgan fingerprint density at radius 1 is 1.21 bits per heavy atom. The molecule has 1 heterocycles. The Morgan fingerprint density at radius 2 is 2.00 bits per heavy atom. The molecule has 0 amide bonds. The van der Waals surface area contributed by atoms with E-state index in [9.17, 15) is 9.90 Å². The van der Waals surface area contributed by atoms with Gasteiger partial charge in [0.15, 0.2) is 0 Å². The highest BCUT2D eigenvalue weighted by atomic mass is 79.9. The van der Waals surface area contributed by atoms with E-state index in [0.717, 1.165) is 19.7 Å². The van der Waals surface area contributed by atoms with Gasteiger partial charge in [0.05, 0.1) is 15.8 Å². The van der Waals surface area contributed by atoms with Crippen LogP contribution >= 0.6 is 27.3 Å². The lowest BCUT2D eigenvalue weighted by molar-refractivity contribution is 0.0697. The number of carbonyl (C=O) groups is 1. The van der Waals surface area contributed by atoms with E-state index < -0.39 is 5.97 Å². The zero-order chi connectivity index (χ0) is 13.4. The van der Waals surface area contributed by atoms with Crippen LogP contribution in [0.3, 0.4) is 0 Å². The van der Waals surface area contributed by atoms with E-state index in [4.69, 9.17) is 0 Å². The van der Waals surface area contributed by atoms with Crippen molar-refractivity contribution in [2.75, 3.05) is 0 Å². The van der Waals surface area contributed by atoms with E-state index >= 15 is 0 Å². The van der Waals surface area contributed by atoms with Crippen molar-refractivity contribution >= 4 is 43.5 Å². The van der Waals surface area contributed by atoms with Crippen LogP contribution in [0.4, 0.5) is 0 Å². The maximum atomic E-state index is 11.2. The number of rotatable bonds is 2. The lowest BCUT2D eigenvalue weighted by Gasteiger charge is -2.01. The smallest absolute Gasteiger partial charge is 0.336 e. The van der Waals surface area contributed by atoms with Gasteiger partial charge in [0.25, 0.3) is 0 Å². The summed E-state index contributed by atoms with van der Waals surface area (Å²) < 4.78 is 2.02. The molecule has 5 heteroatoms. The van der Waals surface area contributed by atoms with Crippen LogP contribution in [0, 0.1) is 0 Å². The molecule has 1 aromatic heterocycles. The fraction of sp³-hybridized carbons (Fsp3) is 0. The van der Waals surface area contributed by atoms with Gasteiger partial charge in [-0.2, -0.15) is 0 Å². The minimum Gasteiger partial charge on any atom is -0.478 e. The van der Waals surface area contributed by atoms with E-state index in [2.05, 4.69) is 20.9 Å². The van der Waals surface area contributed by atoms with E-state index in [-0.39, 0.29) is 5.56 Å². The summed E-state index contributed by atoms with van der Waals surface area (Å²) in [6.45, 7) is 0. The van der Waals surface area contributed by atoms with E-state index in [1.807, 2.05) is 24.3 Å². The first-order valence-corrected chi connectivity index (χ1v) is 7.15. The molecule has 3 aromatic rings. The average Bonchev–Trinajstić information content (AvgIpc) is 2.81. The topological polar surface area (TPSA) is 50.2 Å². The zero-order valence-corrected chi connectivity index (χ0v) is 12.0. The number of hydrogen-bond acceptors (Lipinski definition) is 3. The summed E-state index contributed by atoms with van der Waals surface area (Å²) in [7, 11) is 0. The quantitative estimate of drug-likeness (QED) is 0.754. The number of fused-ring (bicyclic) bond motifs is 1. The number of nitrogens with zero attached hydrogens (tertiary/aromatic N) is 1. The van der Waals surface area contributed by atoms with Gasteiger partial charge >= 0.3 is 5.97 Å². The molecule has 0 aliphatic heterocycles. The van der Waals surface area contributed by atoms with E-state index in [1.165, 1.54) is 11.3 Å². The summed E-state index contributed by atoms with van der Waals surface area (Å²) in [6, 6.07) is 12.8. The molecular weight excluding hydrogens is 326 g/mol. The molecule has 0 unspecified atom stereocenters. The Kier molecular flexibility index (Phi) is 3.08. The number of carboxylic acids is 1. The van der Waals surface area contributed by atoms with Gasteiger partial charge in [-0.1, -0.05) is 34.1 Å². The predicted octanol–water partition coefficient (Wildman–Crippen LogP) is 4.42. The lowest BCUT2D eigenvalue weighted by atomic mass is 10.1. The Balaban J connectivity index is 2.22. The molecule has 0 spiro atoms. The van der Waals surface area contributed by atoms with Crippen molar-refractivity contribution in [1.82, 2.24) is 4.98 Å². The third-order valence-electron chi connectivity index (χ3n) is 2.74. The molecule has 0 fully saturated rings. The van der Waals surface area contributed by atoms with Crippen LogP contribution in [-0.4, -0.2) is 16.1 Å². The van der Waals surface area contributed by atoms with Gasteiger partial charge in [-0.05, 0) is 24.3 Å². The average molecular weight is 334 g/mol. The summed E-state index contributed by atoms with van der Waals surface area (Å²) in [5.74, 6) is -0.934. The standard InChI is InChI=1S/C14H8BrNO2S/c15-8-5-6-11-12(7-8)19-13(16-11)9-3-1-2-4-10(9)14(17)18/h1-7H,(H,17,18). The second-order valence-corrected chi connectivity index (χ2v) is 5.93. The van der Waals surface area contributed by atoms with Crippen LogP contribution in [0.25, 0.3) is 20.8 Å². The van der Waals surface area contributed by atoms with Gasteiger partial charge in [-0.25, -0.2) is 9.78 Å². The van der Waals surface area contributed by atoms with Gasteiger partial charge in [0, 0.05) is 10.0 Å².